The molecule has 1 N–H and O–H groups in total. The first-order chi connectivity index (χ1) is 6.09. The van der Waals surface area contributed by atoms with Crippen molar-refractivity contribution >= 4 is 5.69 Å². The van der Waals surface area contributed by atoms with Crippen LogP contribution in [0.5, 0.6) is 0 Å². The van der Waals surface area contributed by atoms with Crippen molar-refractivity contribution in [2.24, 2.45) is 0 Å². The smallest absolute Gasteiger partial charge is 0.0411 e. The van der Waals surface area contributed by atoms with Crippen molar-refractivity contribution in [3.63, 3.8) is 0 Å². The number of hydrogen-bond donors (Lipinski definition) is 1. The molecule has 2 rings (SSSR count). The topological polar surface area (TPSA) is 12.0 Å². The Kier molecular flexibility index (Phi) is 1.83. The summed E-state index contributed by atoms with van der Waals surface area (Å²) in [6.45, 7) is 7.90. The Morgan fingerprint density at radius 2 is 2.00 bits per heavy atom. The Morgan fingerprint density at radius 1 is 1.23 bits per heavy atom. The molecule has 0 radical (unpaired) electrons. The predicted octanol–water partition coefficient (Wildman–Crippen LogP) is 2.95. The van der Waals surface area contributed by atoms with E-state index in [9.17, 15) is 0 Å². The van der Waals surface area contributed by atoms with Gasteiger partial charge in [-0.1, -0.05) is 39.0 Å². The lowest BCUT2D eigenvalue weighted by Gasteiger charge is -2.22. The van der Waals surface area contributed by atoms with Crippen molar-refractivity contribution in [3.05, 3.63) is 29.3 Å². The Bertz CT molecular complexity index is 320. The van der Waals surface area contributed by atoms with Crippen molar-refractivity contribution in [2.45, 2.75) is 32.6 Å². The molecule has 70 valence electrons. The summed E-state index contributed by atoms with van der Waals surface area (Å²) in [5, 5.41) is 3.48. The molecular formula is C12H17N. The van der Waals surface area contributed by atoms with E-state index in [0.29, 0.717) is 0 Å². The zero-order valence-corrected chi connectivity index (χ0v) is 8.65. The van der Waals surface area contributed by atoms with Crippen LogP contribution in [-0.2, 0) is 11.8 Å². The third-order valence-electron chi connectivity index (χ3n) is 2.65. The summed E-state index contributed by atoms with van der Waals surface area (Å²) in [5.74, 6) is 0. The lowest BCUT2D eigenvalue weighted by atomic mass is 9.85. The summed E-state index contributed by atoms with van der Waals surface area (Å²) in [4.78, 5) is 0. The van der Waals surface area contributed by atoms with Crippen molar-refractivity contribution < 1.29 is 0 Å². The maximum Gasteiger partial charge on any atom is 0.0411 e. The van der Waals surface area contributed by atoms with Gasteiger partial charge in [-0.25, -0.2) is 0 Å². The van der Waals surface area contributed by atoms with E-state index in [-0.39, 0.29) is 5.41 Å². The zero-order chi connectivity index (χ0) is 9.47. The average Bonchev–Trinajstić information content (AvgIpc) is 2.48. The Labute approximate surface area is 80.2 Å². The molecule has 1 aromatic carbocycles. The maximum absolute atomic E-state index is 3.48. The molecule has 0 aromatic heterocycles. The van der Waals surface area contributed by atoms with Crippen molar-refractivity contribution in [2.75, 3.05) is 11.9 Å². The molecule has 1 heteroatoms. The van der Waals surface area contributed by atoms with Crippen LogP contribution in [0.4, 0.5) is 5.69 Å². The second-order valence-corrected chi connectivity index (χ2v) is 4.77. The molecule has 13 heavy (non-hydrogen) atoms. The molecule has 1 aromatic rings. The van der Waals surface area contributed by atoms with Crippen molar-refractivity contribution in [1.29, 1.82) is 0 Å². The van der Waals surface area contributed by atoms with Gasteiger partial charge >= 0.3 is 0 Å². The lowest BCUT2D eigenvalue weighted by molar-refractivity contribution is 0.592. The van der Waals surface area contributed by atoms with Gasteiger partial charge in [-0.2, -0.15) is 0 Å². The van der Waals surface area contributed by atoms with Crippen molar-refractivity contribution in [1.82, 2.24) is 0 Å². The zero-order valence-electron chi connectivity index (χ0n) is 8.65. The summed E-state index contributed by atoms with van der Waals surface area (Å²) in [6.07, 6.45) is 1.18. The molecule has 0 amide bonds. The minimum atomic E-state index is 0.253. The predicted molar refractivity (Wildman–Crippen MR) is 57.3 cm³/mol. The summed E-state index contributed by atoms with van der Waals surface area (Å²) < 4.78 is 0. The van der Waals surface area contributed by atoms with E-state index in [1.807, 2.05) is 0 Å². The number of para-hydroxylation sites is 1. The van der Waals surface area contributed by atoms with Crippen LogP contribution in [0, 0.1) is 0 Å². The summed E-state index contributed by atoms with van der Waals surface area (Å²) in [7, 11) is 0. The molecule has 0 saturated carbocycles. The minimum absolute atomic E-state index is 0.253. The molecule has 0 unspecified atom stereocenters. The first kappa shape index (κ1) is 8.61. The third kappa shape index (κ3) is 1.43. The Morgan fingerprint density at radius 3 is 2.69 bits per heavy atom. The first-order valence-corrected chi connectivity index (χ1v) is 4.95. The average molecular weight is 175 g/mol. The quantitative estimate of drug-likeness (QED) is 0.639. The number of benzene rings is 1. The fraction of sp³-hybridized carbons (Fsp3) is 0.500. The van der Waals surface area contributed by atoms with E-state index in [1.54, 1.807) is 0 Å². The number of anilines is 1. The van der Waals surface area contributed by atoms with Crippen molar-refractivity contribution in [3.8, 4) is 0 Å². The van der Waals surface area contributed by atoms with Gasteiger partial charge in [0.1, 0.15) is 0 Å². The number of rotatable bonds is 0. The van der Waals surface area contributed by atoms with Gasteiger partial charge in [-0.15, -0.1) is 0 Å². The van der Waals surface area contributed by atoms with Crippen LogP contribution in [0.25, 0.3) is 0 Å². The van der Waals surface area contributed by atoms with E-state index in [2.05, 4.69) is 44.3 Å². The molecule has 1 aliphatic rings. The van der Waals surface area contributed by atoms with Gasteiger partial charge < -0.3 is 5.32 Å². The Hall–Kier alpha value is -0.980. The van der Waals surface area contributed by atoms with Crippen LogP contribution in [0.1, 0.15) is 31.9 Å². The van der Waals surface area contributed by atoms with Gasteiger partial charge in [0.15, 0.2) is 0 Å². The van der Waals surface area contributed by atoms with Crippen LogP contribution in [-0.4, -0.2) is 6.54 Å². The van der Waals surface area contributed by atoms with Gasteiger partial charge in [0.05, 0.1) is 0 Å². The van der Waals surface area contributed by atoms with E-state index in [0.717, 1.165) is 6.54 Å². The molecule has 1 nitrogen and oxygen atoms in total. The second kappa shape index (κ2) is 2.76. The molecule has 1 aliphatic heterocycles. The van der Waals surface area contributed by atoms with Crippen LogP contribution in [0.15, 0.2) is 18.2 Å². The highest BCUT2D eigenvalue weighted by atomic mass is 14.9. The third-order valence-corrected chi connectivity index (χ3v) is 2.65. The fourth-order valence-electron chi connectivity index (χ4n) is 1.96. The normalized spacial score (nSPS) is 15.3. The highest BCUT2D eigenvalue weighted by Crippen LogP contribution is 2.34. The van der Waals surface area contributed by atoms with E-state index < -0.39 is 0 Å². The largest absolute Gasteiger partial charge is 0.384 e. The highest BCUT2D eigenvalue weighted by molar-refractivity contribution is 5.63. The number of nitrogens with one attached hydrogen (secondary N) is 1. The van der Waals surface area contributed by atoms with Gasteiger partial charge in [-0.3, -0.25) is 0 Å². The fourth-order valence-corrected chi connectivity index (χ4v) is 1.96. The maximum atomic E-state index is 3.48. The first-order valence-electron chi connectivity index (χ1n) is 4.95. The summed E-state index contributed by atoms with van der Waals surface area (Å²) in [5.41, 5.74) is 4.56. The molecule has 0 saturated heterocycles. The monoisotopic (exact) mass is 175 g/mol. The highest BCUT2D eigenvalue weighted by Gasteiger charge is 2.21. The van der Waals surface area contributed by atoms with E-state index in [4.69, 9.17) is 0 Å². The van der Waals surface area contributed by atoms with Gasteiger partial charge in [-0.05, 0) is 23.0 Å². The Balaban J connectivity index is 2.54. The van der Waals surface area contributed by atoms with E-state index >= 15 is 0 Å². The summed E-state index contributed by atoms with van der Waals surface area (Å²) >= 11 is 0. The molecule has 0 fully saturated rings. The van der Waals surface area contributed by atoms with Gasteiger partial charge in [0.25, 0.3) is 0 Å². The number of hydrogen-bond acceptors (Lipinski definition) is 1. The number of fused-ring (bicyclic) bond motifs is 1. The van der Waals surface area contributed by atoms with E-state index in [1.165, 1.54) is 23.2 Å². The van der Waals surface area contributed by atoms with Crippen LogP contribution in [0.3, 0.4) is 0 Å². The van der Waals surface area contributed by atoms with Gasteiger partial charge in [0, 0.05) is 12.2 Å². The SMILES string of the molecule is CC(C)(C)c1cccc2c1NCC2. The molecule has 0 atom stereocenters. The molecule has 0 aliphatic carbocycles. The molecule has 0 spiro atoms. The standard InChI is InChI=1S/C12H17N/c1-12(2,3)10-6-4-5-9-7-8-13-11(9)10/h4-6,13H,7-8H2,1-3H3. The van der Waals surface area contributed by atoms with Gasteiger partial charge in [0.2, 0.25) is 0 Å². The lowest BCUT2D eigenvalue weighted by Crippen LogP contribution is -2.13. The molecule has 0 bridgehead atoms. The van der Waals surface area contributed by atoms with Crippen LogP contribution in [0.2, 0.25) is 0 Å². The molecular weight excluding hydrogens is 158 g/mol. The van der Waals surface area contributed by atoms with Crippen LogP contribution >= 0.6 is 0 Å². The second-order valence-electron chi connectivity index (χ2n) is 4.77. The minimum Gasteiger partial charge on any atom is -0.384 e. The van der Waals surface area contributed by atoms with Crippen LogP contribution < -0.4 is 5.32 Å². The molecule has 1 heterocycles. The summed E-state index contributed by atoms with van der Waals surface area (Å²) in [6, 6.07) is 6.63.